The Morgan fingerprint density at radius 1 is 1.12 bits per heavy atom. The van der Waals surface area contributed by atoms with Crippen LogP contribution in [0.15, 0.2) is 30.3 Å². The summed E-state index contributed by atoms with van der Waals surface area (Å²) in [5.74, 6) is -0.886. The quantitative estimate of drug-likeness (QED) is 0.775. The standard InChI is InChI=1S/C17H22N2O4S/c20-15(11-24-12-16(21)22)19-8-6-14(7-9-19)17(23)18-10-13-4-2-1-3-5-13/h1-5,14H,6-12H2,(H,18,23)(H,21,22). The van der Waals surface area contributed by atoms with E-state index in [-0.39, 0.29) is 29.2 Å². The van der Waals surface area contributed by atoms with Gasteiger partial charge in [-0.25, -0.2) is 0 Å². The first-order chi connectivity index (χ1) is 11.6. The molecule has 1 fully saturated rings. The molecule has 1 heterocycles. The largest absolute Gasteiger partial charge is 0.481 e. The number of nitrogens with one attached hydrogen (secondary N) is 1. The number of aliphatic carboxylic acids is 1. The molecule has 0 unspecified atom stereocenters. The van der Waals surface area contributed by atoms with Crippen LogP contribution in [0.2, 0.25) is 0 Å². The van der Waals surface area contributed by atoms with E-state index >= 15 is 0 Å². The predicted molar refractivity (Wildman–Crippen MR) is 92.6 cm³/mol. The average Bonchev–Trinajstić information content (AvgIpc) is 2.60. The molecule has 1 aromatic carbocycles. The number of thioether (sulfide) groups is 1. The van der Waals surface area contributed by atoms with Crippen LogP contribution in [0.3, 0.4) is 0 Å². The highest BCUT2D eigenvalue weighted by molar-refractivity contribution is 8.00. The Balaban J connectivity index is 1.69. The Labute approximate surface area is 145 Å². The van der Waals surface area contributed by atoms with Gasteiger partial charge in [0.1, 0.15) is 0 Å². The van der Waals surface area contributed by atoms with Crippen molar-refractivity contribution in [2.45, 2.75) is 19.4 Å². The minimum atomic E-state index is -0.915. The molecule has 1 aliphatic rings. The highest BCUT2D eigenvalue weighted by atomic mass is 32.2. The van der Waals surface area contributed by atoms with E-state index in [1.54, 1.807) is 4.90 Å². The Morgan fingerprint density at radius 2 is 1.79 bits per heavy atom. The molecule has 130 valence electrons. The molecule has 6 nitrogen and oxygen atoms in total. The zero-order valence-corrected chi connectivity index (χ0v) is 14.3. The number of amides is 2. The van der Waals surface area contributed by atoms with Crippen molar-refractivity contribution in [3.63, 3.8) is 0 Å². The lowest BCUT2D eigenvalue weighted by Gasteiger charge is -2.31. The van der Waals surface area contributed by atoms with E-state index in [9.17, 15) is 14.4 Å². The molecule has 1 saturated heterocycles. The van der Waals surface area contributed by atoms with E-state index in [1.807, 2.05) is 30.3 Å². The number of likely N-dealkylation sites (tertiary alicyclic amines) is 1. The first-order valence-corrected chi connectivity index (χ1v) is 9.10. The van der Waals surface area contributed by atoms with Crippen LogP contribution >= 0.6 is 11.8 Å². The number of carbonyl (C=O) groups is 3. The Kier molecular flexibility index (Phi) is 7.11. The van der Waals surface area contributed by atoms with Gasteiger partial charge in [0.05, 0.1) is 11.5 Å². The molecule has 24 heavy (non-hydrogen) atoms. The molecule has 0 radical (unpaired) electrons. The zero-order valence-electron chi connectivity index (χ0n) is 13.4. The van der Waals surface area contributed by atoms with Gasteiger partial charge < -0.3 is 15.3 Å². The Hall–Kier alpha value is -2.02. The number of benzene rings is 1. The maximum Gasteiger partial charge on any atom is 0.313 e. The smallest absolute Gasteiger partial charge is 0.313 e. The molecule has 0 saturated carbocycles. The van der Waals surface area contributed by atoms with Crippen molar-refractivity contribution < 1.29 is 19.5 Å². The van der Waals surface area contributed by atoms with Gasteiger partial charge >= 0.3 is 5.97 Å². The number of hydrogen-bond donors (Lipinski definition) is 2. The third-order valence-electron chi connectivity index (χ3n) is 3.98. The number of nitrogens with zero attached hydrogens (tertiary/aromatic N) is 1. The molecule has 2 amide bonds. The zero-order chi connectivity index (χ0) is 17.4. The second-order valence-corrected chi connectivity index (χ2v) is 6.73. The number of carboxylic acid groups (broad SMARTS) is 1. The third kappa shape index (κ3) is 5.88. The lowest BCUT2D eigenvalue weighted by molar-refractivity contribution is -0.134. The van der Waals surface area contributed by atoms with Gasteiger partial charge in [-0.05, 0) is 18.4 Å². The molecule has 7 heteroatoms. The molecule has 1 aliphatic heterocycles. The van der Waals surface area contributed by atoms with Crippen LogP contribution in [-0.4, -0.2) is 52.4 Å². The fraction of sp³-hybridized carbons (Fsp3) is 0.471. The number of hydrogen-bond acceptors (Lipinski definition) is 4. The first kappa shape index (κ1) is 18.3. The van der Waals surface area contributed by atoms with Crippen LogP contribution < -0.4 is 5.32 Å². The Morgan fingerprint density at radius 3 is 2.42 bits per heavy atom. The number of piperidine rings is 1. The summed E-state index contributed by atoms with van der Waals surface area (Å²) in [4.78, 5) is 36.4. The van der Waals surface area contributed by atoms with Gasteiger partial charge in [0, 0.05) is 25.6 Å². The first-order valence-electron chi connectivity index (χ1n) is 7.95. The van der Waals surface area contributed by atoms with Crippen molar-refractivity contribution >= 4 is 29.5 Å². The van der Waals surface area contributed by atoms with Gasteiger partial charge in [-0.2, -0.15) is 0 Å². The van der Waals surface area contributed by atoms with E-state index in [0.29, 0.717) is 32.5 Å². The number of carboxylic acids is 1. The molecule has 0 bridgehead atoms. The molecule has 0 spiro atoms. The number of rotatable bonds is 7. The minimum Gasteiger partial charge on any atom is -0.481 e. The monoisotopic (exact) mass is 350 g/mol. The SMILES string of the molecule is O=C(O)CSCC(=O)N1CCC(C(=O)NCc2ccccc2)CC1. The second kappa shape index (κ2) is 9.32. The average molecular weight is 350 g/mol. The van der Waals surface area contributed by atoms with Crippen molar-refractivity contribution in [3.8, 4) is 0 Å². The molecular formula is C17H22N2O4S. The molecule has 2 N–H and O–H groups in total. The van der Waals surface area contributed by atoms with Gasteiger partial charge in [-0.15, -0.1) is 11.8 Å². The Bertz CT molecular complexity index is 571. The van der Waals surface area contributed by atoms with Crippen molar-refractivity contribution in [2.24, 2.45) is 5.92 Å². The molecule has 1 aromatic rings. The summed E-state index contributed by atoms with van der Waals surface area (Å²) < 4.78 is 0. The maximum absolute atomic E-state index is 12.2. The van der Waals surface area contributed by atoms with Gasteiger partial charge in [0.15, 0.2) is 0 Å². The molecule has 0 aliphatic carbocycles. The van der Waals surface area contributed by atoms with Crippen LogP contribution in [0.1, 0.15) is 18.4 Å². The van der Waals surface area contributed by atoms with Crippen LogP contribution in [-0.2, 0) is 20.9 Å². The lowest BCUT2D eigenvalue weighted by Crippen LogP contribution is -2.43. The van der Waals surface area contributed by atoms with Crippen molar-refractivity contribution in [1.29, 1.82) is 0 Å². The van der Waals surface area contributed by atoms with Crippen molar-refractivity contribution in [3.05, 3.63) is 35.9 Å². The predicted octanol–water partition coefficient (Wildman–Crippen LogP) is 1.36. The van der Waals surface area contributed by atoms with Gasteiger partial charge in [0.25, 0.3) is 0 Å². The van der Waals surface area contributed by atoms with E-state index < -0.39 is 5.97 Å². The highest BCUT2D eigenvalue weighted by Crippen LogP contribution is 2.18. The summed E-state index contributed by atoms with van der Waals surface area (Å²) in [5.41, 5.74) is 1.06. The van der Waals surface area contributed by atoms with E-state index in [2.05, 4.69) is 5.32 Å². The van der Waals surface area contributed by atoms with Crippen LogP contribution in [0.5, 0.6) is 0 Å². The van der Waals surface area contributed by atoms with Gasteiger partial charge in [-0.3, -0.25) is 14.4 Å². The summed E-state index contributed by atoms with van der Waals surface area (Å²) >= 11 is 1.11. The fourth-order valence-corrected chi connectivity index (χ4v) is 3.27. The van der Waals surface area contributed by atoms with Gasteiger partial charge in [-0.1, -0.05) is 30.3 Å². The van der Waals surface area contributed by atoms with E-state index in [1.165, 1.54) is 0 Å². The van der Waals surface area contributed by atoms with Crippen LogP contribution in [0, 0.1) is 5.92 Å². The van der Waals surface area contributed by atoms with E-state index in [0.717, 1.165) is 17.3 Å². The summed E-state index contributed by atoms with van der Waals surface area (Å²) in [7, 11) is 0. The highest BCUT2D eigenvalue weighted by Gasteiger charge is 2.27. The molecule has 2 rings (SSSR count). The second-order valence-electron chi connectivity index (χ2n) is 5.75. The summed E-state index contributed by atoms with van der Waals surface area (Å²) in [6.45, 7) is 1.62. The summed E-state index contributed by atoms with van der Waals surface area (Å²) in [6.07, 6.45) is 1.30. The third-order valence-corrected chi connectivity index (χ3v) is 4.88. The topological polar surface area (TPSA) is 86.7 Å². The van der Waals surface area contributed by atoms with Crippen molar-refractivity contribution in [1.82, 2.24) is 10.2 Å². The fourth-order valence-electron chi connectivity index (χ4n) is 2.64. The molecular weight excluding hydrogens is 328 g/mol. The number of carbonyl (C=O) groups excluding carboxylic acids is 2. The minimum absolute atomic E-state index is 0.0335. The maximum atomic E-state index is 12.2. The van der Waals surface area contributed by atoms with Crippen molar-refractivity contribution in [2.75, 3.05) is 24.6 Å². The van der Waals surface area contributed by atoms with Crippen LogP contribution in [0.4, 0.5) is 0 Å². The van der Waals surface area contributed by atoms with Gasteiger partial charge in [0.2, 0.25) is 11.8 Å². The van der Waals surface area contributed by atoms with E-state index in [4.69, 9.17) is 5.11 Å². The van der Waals surface area contributed by atoms with Crippen LogP contribution in [0.25, 0.3) is 0 Å². The summed E-state index contributed by atoms with van der Waals surface area (Å²) in [6, 6.07) is 9.75. The summed E-state index contributed by atoms with van der Waals surface area (Å²) in [5, 5.41) is 11.5. The molecule has 0 atom stereocenters. The molecule has 0 aromatic heterocycles. The normalized spacial score (nSPS) is 15.1. The lowest BCUT2D eigenvalue weighted by atomic mass is 9.96.